The van der Waals surface area contributed by atoms with Crippen molar-refractivity contribution in [2.45, 2.75) is 32.8 Å². The lowest BCUT2D eigenvalue weighted by molar-refractivity contribution is 0.209. The summed E-state index contributed by atoms with van der Waals surface area (Å²) >= 11 is 0. The topological polar surface area (TPSA) is 20.2 Å². The molecule has 0 aromatic heterocycles. The average Bonchev–Trinajstić information content (AvgIpc) is 2.63. The van der Waals surface area contributed by atoms with Gasteiger partial charge in [0.15, 0.2) is 0 Å². The van der Waals surface area contributed by atoms with Gasteiger partial charge in [0, 0.05) is 5.92 Å². The third-order valence-corrected chi connectivity index (χ3v) is 1.59. The van der Waals surface area contributed by atoms with E-state index >= 15 is 0 Å². The van der Waals surface area contributed by atoms with Gasteiger partial charge >= 0.3 is 0 Å². The second-order valence-electron chi connectivity index (χ2n) is 3.23. The van der Waals surface area contributed by atoms with Crippen molar-refractivity contribution in [2.75, 3.05) is 0 Å². The van der Waals surface area contributed by atoms with Crippen molar-refractivity contribution >= 4 is 0 Å². The van der Waals surface area contributed by atoms with Gasteiger partial charge in [0.25, 0.3) is 0 Å². The SMILES string of the molecule is CC(C)C#CC(O)C1CC1. The summed E-state index contributed by atoms with van der Waals surface area (Å²) in [5, 5.41) is 9.26. The highest BCUT2D eigenvalue weighted by Crippen LogP contribution is 2.32. The Morgan fingerprint density at radius 3 is 2.30 bits per heavy atom. The Morgan fingerprint density at radius 1 is 1.30 bits per heavy atom. The molecule has 1 heteroatoms. The van der Waals surface area contributed by atoms with E-state index in [9.17, 15) is 5.11 Å². The van der Waals surface area contributed by atoms with Crippen LogP contribution in [0.25, 0.3) is 0 Å². The molecule has 1 aliphatic carbocycles. The molecule has 0 amide bonds. The minimum atomic E-state index is -0.345. The highest BCUT2D eigenvalue weighted by molar-refractivity contribution is 5.10. The molecule has 1 aliphatic rings. The molecule has 0 aliphatic heterocycles. The molecule has 1 nitrogen and oxygen atoms in total. The lowest BCUT2D eigenvalue weighted by atomic mass is 10.2. The molecule has 10 heavy (non-hydrogen) atoms. The zero-order valence-corrected chi connectivity index (χ0v) is 6.59. The van der Waals surface area contributed by atoms with E-state index in [1.54, 1.807) is 0 Å². The fourth-order valence-electron chi connectivity index (χ4n) is 0.782. The van der Waals surface area contributed by atoms with Crippen LogP contribution in [-0.4, -0.2) is 11.2 Å². The van der Waals surface area contributed by atoms with Crippen LogP contribution in [0.4, 0.5) is 0 Å². The van der Waals surface area contributed by atoms with Crippen molar-refractivity contribution in [1.82, 2.24) is 0 Å². The maximum Gasteiger partial charge on any atom is 0.117 e. The van der Waals surface area contributed by atoms with E-state index < -0.39 is 0 Å². The van der Waals surface area contributed by atoms with Crippen molar-refractivity contribution in [2.24, 2.45) is 11.8 Å². The molecular weight excluding hydrogens is 124 g/mol. The average molecular weight is 138 g/mol. The lowest BCUT2D eigenvalue weighted by Crippen LogP contribution is -2.05. The second kappa shape index (κ2) is 3.07. The molecular formula is C9H14O. The Hall–Kier alpha value is -0.480. The third-order valence-electron chi connectivity index (χ3n) is 1.59. The largest absolute Gasteiger partial charge is 0.380 e. The van der Waals surface area contributed by atoms with E-state index in [4.69, 9.17) is 0 Å². The van der Waals surface area contributed by atoms with Crippen molar-refractivity contribution in [3.05, 3.63) is 0 Å². The van der Waals surface area contributed by atoms with Gasteiger partial charge in [-0.2, -0.15) is 0 Å². The zero-order chi connectivity index (χ0) is 7.56. The molecule has 0 radical (unpaired) electrons. The van der Waals surface area contributed by atoms with Crippen LogP contribution in [0.5, 0.6) is 0 Å². The number of hydrogen-bond acceptors (Lipinski definition) is 1. The smallest absolute Gasteiger partial charge is 0.117 e. The van der Waals surface area contributed by atoms with E-state index in [1.165, 1.54) is 0 Å². The molecule has 1 saturated carbocycles. The molecule has 1 N–H and O–H groups in total. The van der Waals surface area contributed by atoms with Crippen LogP contribution in [0.15, 0.2) is 0 Å². The fourth-order valence-corrected chi connectivity index (χ4v) is 0.782. The summed E-state index contributed by atoms with van der Waals surface area (Å²) in [4.78, 5) is 0. The van der Waals surface area contributed by atoms with E-state index in [0.717, 1.165) is 12.8 Å². The van der Waals surface area contributed by atoms with Crippen molar-refractivity contribution < 1.29 is 5.11 Å². The number of aliphatic hydroxyl groups is 1. The van der Waals surface area contributed by atoms with E-state index in [1.807, 2.05) is 13.8 Å². The van der Waals surface area contributed by atoms with Gasteiger partial charge in [-0.05, 0) is 18.8 Å². The highest BCUT2D eigenvalue weighted by atomic mass is 16.3. The van der Waals surface area contributed by atoms with Crippen LogP contribution in [-0.2, 0) is 0 Å². The lowest BCUT2D eigenvalue weighted by Gasteiger charge is -1.97. The predicted molar refractivity (Wildman–Crippen MR) is 41.3 cm³/mol. The van der Waals surface area contributed by atoms with Crippen molar-refractivity contribution in [1.29, 1.82) is 0 Å². The molecule has 0 aromatic carbocycles. The molecule has 0 aromatic rings. The van der Waals surface area contributed by atoms with Crippen LogP contribution in [0.1, 0.15) is 26.7 Å². The van der Waals surface area contributed by atoms with Crippen molar-refractivity contribution in [3.63, 3.8) is 0 Å². The molecule has 0 spiro atoms. The van der Waals surface area contributed by atoms with E-state index in [-0.39, 0.29) is 6.10 Å². The minimum absolute atomic E-state index is 0.345. The molecule has 0 heterocycles. The maximum absolute atomic E-state index is 9.26. The Morgan fingerprint density at radius 2 is 1.90 bits per heavy atom. The van der Waals surface area contributed by atoms with Gasteiger partial charge in [0.2, 0.25) is 0 Å². The summed E-state index contributed by atoms with van der Waals surface area (Å²) in [5.41, 5.74) is 0. The van der Waals surface area contributed by atoms with Crippen LogP contribution in [0, 0.1) is 23.7 Å². The highest BCUT2D eigenvalue weighted by Gasteiger charge is 2.28. The van der Waals surface area contributed by atoms with Gasteiger partial charge in [0.05, 0.1) is 0 Å². The standard InChI is InChI=1S/C9H14O/c1-7(2)3-6-9(10)8-4-5-8/h7-10H,4-5H2,1-2H3. The molecule has 1 rings (SSSR count). The van der Waals surface area contributed by atoms with E-state index in [2.05, 4.69) is 11.8 Å². The quantitative estimate of drug-likeness (QED) is 0.543. The summed E-state index contributed by atoms with van der Waals surface area (Å²) < 4.78 is 0. The van der Waals surface area contributed by atoms with Crippen LogP contribution >= 0.6 is 0 Å². The predicted octanol–water partition coefficient (Wildman–Crippen LogP) is 1.42. The number of hydrogen-bond donors (Lipinski definition) is 1. The third kappa shape index (κ3) is 2.41. The van der Waals surface area contributed by atoms with Crippen LogP contribution in [0.2, 0.25) is 0 Å². The van der Waals surface area contributed by atoms with Crippen LogP contribution in [0.3, 0.4) is 0 Å². The fraction of sp³-hybridized carbons (Fsp3) is 0.778. The van der Waals surface area contributed by atoms with E-state index in [0.29, 0.717) is 11.8 Å². The maximum atomic E-state index is 9.26. The van der Waals surface area contributed by atoms with Crippen LogP contribution < -0.4 is 0 Å². The van der Waals surface area contributed by atoms with Gasteiger partial charge in [0.1, 0.15) is 6.10 Å². The normalized spacial score (nSPS) is 20.0. The summed E-state index contributed by atoms with van der Waals surface area (Å²) in [6.07, 6.45) is 1.98. The second-order valence-corrected chi connectivity index (χ2v) is 3.23. The molecule has 1 atom stereocenters. The first-order chi connectivity index (χ1) is 4.70. The monoisotopic (exact) mass is 138 g/mol. The van der Waals surface area contributed by atoms with Gasteiger partial charge in [-0.15, -0.1) is 0 Å². The van der Waals surface area contributed by atoms with Gasteiger partial charge in [-0.25, -0.2) is 0 Å². The molecule has 1 unspecified atom stereocenters. The van der Waals surface area contributed by atoms with Gasteiger partial charge < -0.3 is 5.11 Å². The summed E-state index contributed by atoms with van der Waals surface area (Å²) in [6, 6.07) is 0. The summed E-state index contributed by atoms with van der Waals surface area (Å²) in [5.74, 6) is 6.69. The summed E-state index contributed by atoms with van der Waals surface area (Å²) in [7, 11) is 0. The first kappa shape index (κ1) is 7.63. The minimum Gasteiger partial charge on any atom is -0.380 e. The zero-order valence-electron chi connectivity index (χ0n) is 6.59. The Bertz CT molecular complexity index is 157. The van der Waals surface area contributed by atoms with Crippen molar-refractivity contribution in [3.8, 4) is 11.8 Å². The van der Waals surface area contributed by atoms with Gasteiger partial charge in [-0.1, -0.05) is 25.7 Å². The Kier molecular flexibility index (Phi) is 2.34. The number of aliphatic hydroxyl groups excluding tert-OH is 1. The molecule has 1 fully saturated rings. The number of rotatable bonds is 1. The first-order valence-corrected chi connectivity index (χ1v) is 3.89. The Balaban J connectivity index is 2.29. The van der Waals surface area contributed by atoms with Gasteiger partial charge in [-0.3, -0.25) is 0 Å². The summed E-state index contributed by atoms with van der Waals surface area (Å²) in [6.45, 7) is 4.07. The molecule has 0 saturated heterocycles. The molecule has 0 bridgehead atoms. The molecule has 56 valence electrons. The Labute approximate surface area is 62.4 Å². The first-order valence-electron chi connectivity index (χ1n) is 3.89.